The number of hydrogen-bond donors (Lipinski definition) is 2. The van der Waals surface area contributed by atoms with Gasteiger partial charge in [0.25, 0.3) is 5.91 Å². The third-order valence-corrected chi connectivity index (χ3v) is 6.71. The van der Waals surface area contributed by atoms with Crippen LogP contribution in [0, 0.1) is 6.92 Å². The Hall–Kier alpha value is -3.18. The number of amides is 2. The van der Waals surface area contributed by atoms with Crippen molar-refractivity contribution in [2.75, 3.05) is 18.9 Å². The zero-order valence-electron chi connectivity index (χ0n) is 19.7. The van der Waals surface area contributed by atoms with E-state index in [1.165, 1.54) is 0 Å². The van der Waals surface area contributed by atoms with Gasteiger partial charge in [-0.1, -0.05) is 61.4 Å². The summed E-state index contributed by atoms with van der Waals surface area (Å²) in [6.45, 7) is 4.86. The lowest BCUT2D eigenvalue weighted by molar-refractivity contribution is -0.120. The van der Waals surface area contributed by atoms with E-state index >= 15 is 0 Å². The Labute approximate surface area is 196 Å². The number of likely N-dealkylation sites (N-methyl/N-ethyl adjacent to an activating group) is 1. The van der Waals surface area contributed by atoms with Crippen molar-refractivity contribution in [3.63, 3.8) is 0 Å². The zero-order chi connectivity index (χ0) is 23.4. The number of aryl methyl sites for hydroxylation is 1. The van der Waals surface area contributed by atoms with Crippen molar-refractivity contribution < 1.29 is 9.59 Å². The number of rotatable bonds is 5. The van der Waals surface area contributed by atoms with Crippen LogP contribution in [0.3, 0.4) is 0 Å². The lowest BCUT2D eigenvalue weighted by Crippen LogP contribution is -2.41. The quantitative estimate of drug-likeness (QED) is 0.551. The molecule has 0 radical (unpaired) electrons. The van der Waals surface area contributed by atoms with Gasteiger partial charge in [0.2, 0.25) is 5.91 Å². The summed E-state index contributed by atoms with van der Waals surface area (Å²) in [7, 11) is 2.01. The molecule has 1 aliphatic rings. The summed E-state index contributed by atoms with van der Waals surface area (Å²) in [6, 6.07) is 19.6. The largest absolute Gasteiger partial charge is 0.345 e. The van der Waals surface area contributed by atoms with E-state index in [2.05, 4.69) is 39.8 Å². The molecule has 5 heteroatoms. The Kier molecular flexibility index (Phi) is 7.09. The van der Waals surface area contributed by atoms with E-state index < -0.39 is 0 Å². The molecule has 33 heavy (non-hydrogen) atoms. The molecule has 1 heterocycles. The molecule has 1 aliphatic heterocycles. The number of carbonyl (C=O) groups excluding carboxylic acids is 2. The monoisotopic (exact) mass is 443 g/mol. The average Bonchev–Trinajstić information content (AvgIpc) is 3.04. The van der Waals surface area contributed by atoms with Crippen LogP contribution in [-0.4, -0.2) is 36.3 Å². The van der Waals surface area contributed by atoms with Crippen molar-refractivity contribution in [3.05, 3.63) is 77.4 Å². The molecule has 1 saturated heterocycles. The molecule has 0 spiro atoms. The highest BCUT2D eigenvalue weighted by atomic mass is 16.2. The third-order valence-electron chi connectivity index (χ3n) is 6.71. The summed E-state index contributed by atoms with van der Waals surface area (Å²) in [5.41, 5.74) is 3.20. The number of benzene rings is 3. The highest BCUT2D eigenvalue weighted by Gasteiger charge is 2.25. The summed E-state index contributed by atoms with van der Waals surface area (Å²) in [5, 5.41) is 8.48. The number of nitrogens with one attached hydrogen (secondary N) is 2. The van der Waals surface area contributed by atoms with E-state index in [1.54, 1.807) is 6.07 Å². The molecule has 2 N–H and O–H groups in total. The van der Waals surface area contributed by atoms with Crippen LogP contribution in [0.2, 0.25) is 0 Å². The van der Waals surface area contributed by atoms with Crippen molar-refractivity contribution in [1.82, 2.24) is 10.2 Å². The Balaban J connectivity index is 1.50. The molecule has 1 unspecified atom stereocenters. The van der Waals surface area contributed by atoms with Gasteiger partial charge in [-0.25, -0.2) is 0 Å². The van der Waals surface area contributed by atoms with Gasteiger partial charge < -0.3 is 10.6 Å². The molecule has 2 atom stereocenters. The molecule has 0 aliphatic carbocycles. The minimum absolute atomic E-state index is 0.00117. The molecule has 4 rings (SSSR count). The fourth-order valence-corrected chi connectivity index (χ4v) is 4.73. The van der Waals surface area contributed by atoms with Crippen LogP contribution in [0.25, 0.3) is 10.8 Å². The van der Waals surface area contributed by atoms with E-state index in [0.717, 1.165) is 54.1 Å². The van der Waals surface area contributed by atoms with Crippen LogP contribution in [-0.2, 0) is 4.79 Å². The average molecular weight is 444 g/mol. The smallest absolute Gasteiger partial charge is 0.252 e. The van der Waals surface area contributed by atoms with Crippen LogP contribution >= 0.6 is 0 Å². The van der Waals surface area contributed by atoms with Crippen LogP contribution < -0.4 is 10.6 Å². The van der Waals surface area contributed by atoms with Gasteiger partial charge in [0.15, 0.2) is 0 Å². The number of hydrogen-bond acceptors (Lipinski definition) is 3. The SMILES string of the molecule is Cc1ccc(NC(=O)C2CCCCCN2C)cc1C(=O)N[C@H](C)c1cccc2ccccc12. The highest BCUT2D eigenvalue weighted by Crippen LogP contribution is 2.25. The minimum atomic E-state index is -0.152. The van der Waals surface area contributed by atoms with E-state index in [4.69, 9.17) is 0 Å². The van der Waals surface area contributed by atoms with Crippen LogP contribution in [0.1, 0.15) is 60.1 Å². The molecule has 3 aromatic carbocycles. The first kappa shape index (κ1) is 23.0. The molecule has 5 nitrogen and oxygen atoms in total. The number of likely N-dealkylation sites (tertiary alicyclic amines) is 1. The van der Waals surface area contributed by atoms with Crippen molar-refractivity contribution in [3.8, 4) is 0 Å². The van der Waals surface area contributed by atoms with Gasteiger partial charge in [-0.05, 0) is 74.3 Å². The molecule has 0 bridgehead atoms. The first-order valence-corrected chi connectivity index (χ1v) is 11.8. The highest BCUT2D eigenvalue weighted by molar-refractivity contribution is 6.00. The maximum Gasteiger partial charge on any atom is 0.252 e. The first-order chi connectivity index (χ1) is 15.9. The van der Waals surface area contributed by atoms with E-state index in [0.29, 0.717) is 11.3 Å². The number of nitrogens with zero attached hydrogens (tertiary/aromatic N) is 1. The normalized spacial score (nSPS) is 17.8. The maximum absolute atomic E-state index is 13.2. The molecule has 0 saturated carbocycles. The second-order valence-corrected chi connectivity index (χ2v) is 9.13. The van der Waals surface area contributed by atoms with Gasteiger partial charge in [0.05, 0.1) is 12.1 Å². The standard InChI is InChI=1S/C28H33N3O2/c1-19-15-16-22(30-28(33)26-14-5-4-8-17-31(26)3)18-25(19)27(32)29-20(2)23-13-9-11-21-10-6-7-12-24(21)23/h6-7,9-13,15-16,18,20,26H,4-5,8,14,17H2,1-3H3,(H,29,32)(H,30,33)/t20-,26?/m1/s1. The molecule has 0 aromatic heterocycles. The van der Waals surface area contributed by atoms with Gasteiger partial charge in [0.1, 0.15) is 0 Å². The fraction of sp³-hybridized carbons (Fsp3) is 0.357. The lowest BCUT2D eigenvalue weighted by atomic mass is 9.99. The summed E-state index contributed by atoms with van der Waals surface area (Å²) < 4.78 is 0. The molecular formula is C28H33N3O2. The van der Waals surface area contributed by atoms with E-state index in [9.17, 15) is 9.59 Å². The summed E-state index contributed by atoms with van der Waals surface area (Å²) in [5.74, 6) is -0.144. The minimum Gasteiger partial charge on any atom is -0.345 e. The molecule has 3 aromatic rings. The number of anilines is 1. The second kappa shape index (κ2) is 10.2. The van der Waals surface area contributed by atoms with Gasteiger partial charge in [-0.3, -0.25) is 14.5 Å². The van der Waals surface area contributed by atoms with Gasteiger partial charge >= 0.3 is 0 Å². The van der Waals surface area contributed by atoms with Gasteiger partial charge in [0, 0.05) is 11.3 Å². The number of fused-ring (bicyclic) bond motifs is 1. The Morgan fingerprint density at radius 1 is 1.00 bits per heavy atom. The first-order valence-electron chi connectivity index (χ1n) is 11.8. The van der Waals surface area contributed by atoms with Crippen LogP contribution in [0.4, 0.5) is 5.69 Å². The molecule has 2 amide bonds. The summed E-state index contributed by atoms with van der Waals surface area (Å²) in [6.07, 6.45) is 4.22. The second-order valence-electron chi connectivity index (χ2n) is 9.13. The molecule has 1 fully saturated rings. The summed E-state index contributed by atoms with van der Waals surface area (Å²) >= 11 is 0. The third kappa shape index (κ3) is 5.25. The van der Waals surface area contributed by atoms with E-state index in [-0.39, 0.29) is 23.9 Å². The Bertz CT molecular complexity index is 1150. The Morgan fingerprint density at radius 2 is 1.79 bits per heavy atom. The van der Waals surface area contributed by atoms with Crippen molar-refractivity contribution in [2.45, 2.75) is 51.6 Å². The molecular weight excluding hydrogens is 410 g/mol. The van der Waals surface area contributed by atoms with Crippen molar-refractivity contribution in [1.29, 1.82) is 0 Å². The number of carbonyl (C=O) groups is 2. The zero-order valence-corrected chi connectivity index (χ0v) is 19.7. The van der Waals surface area contributed by atoms with E-state index in [1.807, 2.05) is 51.2 Å². The topological polar surface area (TPSA) is 61.4 Å². The van der Waals surface area contributed by atoms with Crippen LogP contribution in [0.15, 0.2) is 60.7 Å². The van der Waals surface area contributed by atoms with Gasteiger partial charge in [-0.2, -0.15) is 0 Å². The predicted molar refractivity (Wildman–Crippen MR) is 135 cm³/mol. The summed E-state index contributed by atoms with van der Waals surface area (Å²) in [4.78, 5) is 28.3. The van der Waals surface area contributed by atoms with Gasteiger partial charge in [-0.15, -0.1) is 0 Å². The fourth-order valence-electron chi connectivity index (χ4n) is 4.73. The molecule has 172 valence electrons. The van der Waals surface area contributed by atoms with Crippen LogP contribution in [0.5, 0.6) is 0 Å². The predicted octanol–water partition coefficient (Wildman–Crippen LogP) is 5.45. The Morgan fingerprint density at radius 3 is 2.64 bits per heavy atom. The maximum atomic E-state index is 13.2. The lowest BCUT2D eigenvalue weighted by Gasteiger charge is -2.24. The van der Waals surface area contributed by atoms with Crippen molar-refractivity contribution in [2.24, 2.45) is 0 Å². The van der Waals surface area contributed by atoms with Crippen molar-refractivity contribution >= 4 is 28.3 Å².